The van der Waals surface area contributed by atoms with Gasteiger partial charge in [-0.05, 0) is 42.5 Å². The third kappa shape index (κ3) is 5.97. The number of halogens is 1. The van der Waals surface area contributed by atoms with E-state index in [0.717, 1.165) is 30.4 Å². The molecule has 1 N–H and O–H groups in total. The van der Waals surface area contributed by atoms with Gasteiger partial charge in [0.1, 0.15) is 5.82 Å². The summed E-state index contributed by atoms with van der Waals surface area (Å²) in [5, 5.41) is 3.15. The highest BCUT2D eigenvalue weighted by molar-refractivity contribution is 5.83. The zero-order chi connectivity index (χ0) is 23.2. The van der Waals surface area contributed by atoms with Crippen molar-refractivity contribution in [1.82, 2.24) is 15.1 Å². The lowest BCUT2D eigenvalue weighted by atomic mass is 9.95. The molecule has 2 aromatic rings. The van der Waals surface area contributed by atoms with Gasteiger partial charge < -0.3 is 15.1 Å². The minimum absolute atomic E-state index is 0.0543. The molecule has 33 heavy (non-hydrogen) atoms. The second-order valence-electron chi connectivity index (χ2n) is 8.90. The molecule has 2 heterocycles. The molecule has 0 saturated carbocycles. The number of benzene rings is 2. The standard InChI is InChI=1S/C26H30FN3O3/c27-22-12-10-19(11-13-22)16-25(32)29-14-4-8-21(17-29)26(33)28-23(20-6-2-1-3-7-20)18-30-15-5-9-24(30)31/h1-3,6-7,10-13,21,23H,4-5,8-9,14-18H2,(H,28,33). The molecule has 2 unspecified atom stereocenters. The van der Waals surface area contributed by atoms with Gasteiger partial charge in [0.25, 0.3) is 0 Å². The molecule has 174 valence electrons. The maximum Gasteiger partial charge on any atom is 0.227 e. The van der Waals surface area contributed by atoms with E-state index in [-0.39, 0.29) is 41.9 Å². The lowest BCUT2D eigenvalue weighted by Crippen LogP contribution is -2.47. The maximum absolute atomic E-state index is 13.2. The van der Waals surface area contributed by atoms with E-state index in [2.05, 4.69) is 5.32 Å². The van der Waals surface area contributed by atoms with Crippen molar-refractivity contribution in [2.75, 3.05) is 26.2 Å². The molecule has 6 nitrogen and oxygen atoms in total. The van der Waals surface area contributed by atoms with Crippen LogP contribution in [-0.4, -0.2) is 53.7 Å². The number of carbonyl (C=O) groups excluding carboxylic acids is 3. The summed E-state index contributed by atoms with van der Waals surface area (Å²) in [5.74, 6) is -0.641. The molecule has 7 heteroatoms. The van der Waals surface area contributed by atoms with Crippen molar-refractivity contribution in [2.24, 2.45) is 5.92 Å². The third-order valence-electron chi connectivity index (χ3n) is 6.51. The van der Waals surface area contributed by atoms with Gasteiger partial charge in [-0.3, -0.25) is 14.4 Å². The summed E-state index contributed by atoms with van der Waals surface area (Å²) in [5.41, 5.74) is 1.72. The van der Waals surface area contributed by atoms with Gasteiger partial charge in [0.2, 0.25) is 17.7 Å². The van der Waals surface area contributed by atoms with Crippen LogP contribution in [-0.2, 0) is 20.8 Å². The fraction of sp³-hybridized carbons (Fsp3) is 0.423. The number of piperidine rings is 1. The average molecular weight is 452 g/mol. The molecule has 2 saturated heterocycles. The summed E-state index contributed by atoms with van der Waals surface area (Å²) in [6.45, 7) is 2.16. The number of rotatable bonds is 7. The van der Waals surface area contributed by atoms with Gasteiger partial charge in [0, 0.05) is 32.6 Å². The van der Waals surface area contributed by atoms with Crippen LogP contribution in [0, 0.1) is 11.7 Å². The van der Waals surface area contributed by atoms with Crippen LogP contribution in [0.1, 0.15) is 42.9 Å². The largest absolute Gasteiger partial charge is 0.347 e. The Morgan fingerprint density at radius 2 is 1.79 bits per heavy atom. The van der Waals surface area contributed by atoms with E-state index in [9.17, 15) is 18.8 Å². The summed E-state index contributed by atoms with van der Waals surface area (Å²) in [4.78, 5) is 41.7. The number of nitrogens with one attached hydrogen (secondary N) is 1. The molecule has 0 aliphatic carbocycles. The Morgan fingerprint density at radius 3 is 2.48 bits per heavy atom. The predicted octanol–water partition coefficient (Wildman–Crippen LogP) is 3.09. The van der Waals surface area contributed by atoms with E-state index in [0.29, 0.717) is 32.6 Å². The van der Waals surface area contributed by atoms with Crippen molar-refractivity contribution in [3.05, 3.63) is 71.5 Å². The molecule has 0 aromatic heterocycles. The number of amides is 3. The quantitative estimate of drug-likeness (QED) is 0.703. The first-order chi connectivity index (χ1) is 16.0. The van der Waals surface area contributed by atoms with Gasteiger partial charge in [-0.25, -0.2) is 4.39 Å². The van der Waals surface area contributed by atoms with Crippen LogP contribution in [0.2, 0.25) is 0 Å². The highest BCUT2D eigenvalue weighted by atomic mass is 19.1. The van der Waals surface area contributed by atoms with Crippen molar-refractivity contribution >= 4 is 17.7 Å². The van der Waals surface area contributed by atoms with Crippen molar-refractivity contribution in [1.29, 1.82) is 0 Å². The topological polar surface area (TPSA) is 69.7 Å². The van der Waals surface area contributed by atoms with Crippen molar-refractivity contribution < 1.29 is 18.8 Å². The van der Waals surface area contributed by atoms with Crippen LogP contribution < -0.4 is 5.32 Å². The SMILES string of the molecule is O=C(NC(CN1CCCC1=O)c1ccccc1)C1CCCN(C(=O)Cc2ccc(F)cc2)C1. The Labute approximate surface area is 193 Å². The monoisotopic (exact) mass is 451 g/mol. The van der Waals surface area contributed by atoms with Gasteiger partial charge in [-0.2, -0.15) is 0 Å². The van der Waals surface area contributed by atoms with Crippen molar-refractivity contribution in [3.8, 4) is 0 Å². The first kappa shape index (κ1) is 23.0. The van der Waals surface area contributed by atoms with Gasteiger partial charge in [-0.15, -0.1) is 0 Å². The zero-order valence-corrected chi connectivity index (χ0v) is 18.7. The summed E-state index contributed by atoms with van der Waals surface area (Å²) < 4.78 is 13.1. The molecule has 2 fully saturated rings. The molecular weight excluding hydrogens is 421 g/mol. The normalized spacial score (nSPS) is 19.4. The number of likely N-dealkylation sites (tertiary alicyclic amines) is 2. The first-order valence-corrected chi connectivity index (χ1v) is 11.6. The van der Waals surface area contributed by atoms with Gasteiger partial charge in [-0.1, -0.05) is 42.5 Å². The molecule has 0 radical (unpaired) electrons. The number of hydrogen-bond donors (Lipinski definition) is 1. The minimum atomic E-state index is -0.329. The Morgan fingerprint density at radius 1 is 1.03 bits per heavy atom. The highest BCUT2D eigenvalue weighted by Crippen LogP contribution is 2.22. The fourth-order valence-corrected chi connectivity index (χ4v) is 4.63. The smallest absolute Gasteiger partial charge is 0.227 e. The Balaban J connectivity index is 1.39. The van der Waals surface area contributed by atoms with Crippen LogP contribution in [0.3, 0.4) is 0 Å². The first-order valence-electron chi connectivity index (χ1n) is 11.6. The fourth-order valence-electron chi connectivity index (χ4n) is 4.63. The third-order valence-corrected chi connectivity index (χ3v) is 6.51. The number of nitrogens with zero attached hydrogens (tertiary/aromatic N) is 2. The predicted molar refractivity (Wildman–Crippen MR) is 123 cm³/mol. The van der Waals surface area contributed by atoms with Crippen molar-refractivity contribution in [2.45, 2.75) is 38.1 Å². The van der Waals surface area contributed by atoms with E-state index in [1.54, 1.807) is 17.0 Å². The number of carbonyl (C=O) groups is 3. The zero-order valence-electron chi connectivity index (χ0n) is 18.7. The Hall–Kier alpha value is -3.22. The molecule has 0 spiro atoms. The summed E-state index contributed by atoms with van der Waals surface area (Å²) >= 11 is 0. The maximum atomic E-state index is 13.2. The van der Waals surface area contributed by atoms with E-state index in [1.807, 2.05) is 35.2 Å². The van der Waals surface area contributed by atoms with Crippen LogP contribution in [0.25, 0.3) is 0 Å². The van der Waals surface area contributed by atoms with E-state index in [1.165, 1.54) is 12.1 Å². The van der Waals surface area contributed by atoms with E-state index < -0.39 is 0 Å². The van der Waals surface area contributed by atoms with Crippen LogP contribution in [0.4, 0.5) is 4.39 Å². The Bertz CT molecular complexity index is 980. The second-order valence-corrected chi connectivity index (χ2v) is 8.90. The lowest BCUT2D eigenvalue weighted by molar-refractivity contribution is -0.136. The minimum Gasteiger partial charge on any atom is -0.347 e. The van der Waals surface area contributed by atoms with Crippen LogP contribution in [0.15, 0.2) is 54.6 Å². The Kier molecular flexibility index (Phi) is 7.37. The summed E-state index contributed by atoms with van der Waals surface area (Å²) in [6.07, 6.45) is 3.08. The van der Waals surface area contributed by atoms with Crippen LogP contribution >= 0.6 is 0 Å². The molecule has 2 aromatic carbocycles. The second kappa shape index (κ2) is 10.6. The molecule has 4 rings (SSSR count). The van der Waals surface area contributed by atoms with Gasteiger partial charge in [0.15, 0.2) is 0 Å². The van der Waals surface area contributed by atoms with Gasteiger partial charge in [0.05, 0.1) is 18.4 Å². The average Bonchev–Trinajstić information content (AvgIpc) is 3.25. The molecule has 3 amide bonds. The molecule has 2 aliphatic rings. The summed E-state index contributed by atoms with van der Waals surface area (Å²) in [7, 11) is 0. The number of hydrogen-bond acceptors (Lipinski definition) is 3. The van der Waals surface area contributed by atoms with E-state index >= 15 is 0 Å². The molecular formula is C26H30FN3O3. The highest BCUT2D eigenvalue weighted by Gasteiger charge is 2.31. The lowest BCUT2D eigenvalue weighted by Gasteiger charge is -2.33. The summed E-state index contributed by atoms with van der Waals surface area (Å²) in [6, 6.07) is 15.4. The molecule has 2 aliphatic heterocycles. The molecule has 0 bridgehead atoms. The van der Waals surface area contributed by atoms with E-state index in [4.69, 9.17) is 0 Å². The van der Waals surface area contributed by atoms with Crippen molar-refractivity contribution in [3.63, 3.8) is 0 Å². The van der Waals surface area contributed by atoms with Gasteiger partial charge >= 0.3 is 0 Å². The van der Waals surface area contributed by atoms with Crippen LogP contribution in [0.5, 0.6) is 0 Å². The molecule has 2 atom stereocenters.